The number of carbonyl (C=O) groups is 1. The number of methoxy groups -OCH3 is 1. The molecule has 0 N–H and O–H groups in total. The monoisotopic (exact) mass is 343 g/mol. The van der Waals surface area contributed by atoms with Gasteiger partial charge in [-0.25, -0.2) is 0 Å². The first-order chi connectivity index (χ1) is 12.1. The number of amides is 1. The Labute approximate surface area is 148 Å². The number of hydrogen-bond donors (Lipinski definition) is 0. The molecule has 6 nitrogen and oxygen atoms in total. The van der Waals surface area contributed by atoms with Gasteiger partial charge in [0.2, 0.25) is 5.91 Å². The molecule has 0 saturated carbocycles. The van der Waals surface area contributed by atoms with Crippen molar-refractivity contribution in [2.24, 2.45) is 0 Å². The summed E-state index contributed by atoms with van der Waals surface area (Å²) in [6.07, 6.45) is 0.375. The van der Waals surface area contributed by atoms with Crippen LogP contribution in [-0.4, -0.2) is 54.2 Å². The summed E-state index contributed by atoms with van der Waals surface area (Å²) in [6.45, 7) is 7.94. The Bertz CT molecular complexity index is 697. The number of nitrogens with zero attached hydrogens (tertiary/aromatic N) is 3. The van der Waals surface area contributed by atoms with Crippen LogP contribution in [0.3, 0.4) is 0 Å². The Hall–Kier alpha value is -2.34. The van der Waals surface area contributed by atoms with E-state index in [9.17, 15) is 4.79 Å². The molecule has 0 spiro atoms. The van der Waals surface area contributed by atoms with Crippen LogP contribution in [0.25, 0.3) is 0 Å². The van der Waals surface area contributed by atoms with E-state index in [1.54, 1.807) is 7.11 Å². The van der Waals surface area contributed by atoms with Crippen LogP contribution in [-0.2, 0) is 17.8 Å². The highest BCUT2D eigenvalue weighted by Crippen LogP contribution is 2.16. The lowest BCUT2D eigenvalue weighted by Crippen LogP contribution is -2.48. The lowest BCUT2D eigenvalue weighted by molar-refractivity contribution is -0.132. The van der Waals surface area contributed by atoms with Crippen molar-refractivity contribution in [1.82, 2.24) is 15.0 Å². The van der Waals surface area contributed by atoms with Gasteiger partial charge in [0.05, 0.1) is 19.2 Å². The van der Waals surface area contributed by atoms with Gasteiger partial charge in [-0.05, 0) is 31.5 Å². The number of hydrogen-bond acceptors (Lipinski definition) is 5. The van der Waals surface area contributed by atoms with Gasteiger partial charge in [-0.2, -0.15) is 0 Å². The normalized spacial score (nSPS) is 15.4. The molecule has 1 saturated heterocycles. The van der Waals surface area contributed by atoms with E-state index in [1.807, 2.05) is 30.9 Å². The fraction of sp³-hybridized carbons (Fsp3) is 0.474. The molecule has 6 heteroatoms. The quantitative estimate of drug-likeness (QED) is 0.833. The van der Waals surface area contributed by atoms with E-state index in [2.05, 4.69) is 22.2 Å². The molecule has 3 rings (SSSR count). The summed E-state index contributed by atoms with van der Waals surface area (Å²) in [5, 5.41) is 3.92. The number of rotatable bonds is 5. The van der Waals surface area contributed by atoms with Gasteiger partial charge in [-0.1, -0.05) is 17.3 Å². The van der Waals surface area contributed by atoms with Crippen LogP contribution in [0.2, 0.25) is 0 Å². The number of benzene rings is 1. The molecule has 0 radical (unpaired) electrons. The Balaban J connectivity index is 1.50. The predicted octanol–water partition coefficient (Wildman–Crippen LogP) is 2.19. The lowest BCUT2D eigenvalue weighted by atomic mass is 10.1. The smallest absolute Gasteiger partial charge is 0.227 e. The van der Waals surface area contributed by atoms with E-state index in [1.165, 1.54) is 5.56 Å². The summed E-state index contributed by atoms with van der Waals surface area (Å²) < 4.78 is 10.3. The third-order valence-corrected chi connectivity index (χ3v) is 4.80. The molecule has 25 heavy (non-hydrogen) atoms. The first-order valence-electron chi connectivity index (χ1n) is 8.61. The maximum absolute atomic E-state index is 12.5. The average molecular weight is 343 g/mol. The van der Waals surface area contributed by atoms with Crippen molar-refractivity contribution in [3.63, 3.8) is 0 Å². The molecule has 1 aliphatic heterocycles. The third kappa shape index (κ3) is 4.20. The fourth-order valence-electron chi connectivity index (χ4n) is 3.16. The summed E-state index contributed by atoms with van der Waals surface area (Å²) >= 11 is 0. The maximum atomic E-state index is 12.5. The highest BCUT2D eigenvalue weighted by atomic mass is 16.5. The minimum Gasteiger partial charge on any atom is -0.497 e. The summed E-state index contributed by atoms with van der Waals surface area (Å²) in [5.74, 6) is 1.76. The SMILES string of the molecule is COc1ccc(CN2CCN(C(=O)Cc3c(C)noc3C)CC2)cc1. The van der Waals surface area contributed by atoms with Crippen LogP contribution in [0.15, 0.2) is 28.8 Å². The Morgan fingerprint density at radius 2 is 1.84 bits per heavy atom. The molecular formula is C19H25N3O3. The molecule has 1 aromatic carbocycles. The van der Waals surface area contributed by atoms with Crippen molar-refractivity contribution < 1.29 is 14.1 Å². The molecule has 1 amide bonds. The fourth-order valence-corrected chi connectivity index (χ4v) is 3.16. The van der Waals surface area contributed by atoms with Gasteiger partial charge in [0, 0.05) is 38.3 Å². The van der Waals surface area contributed by atoms with Crippen molar-refractivity contribution in [3.8, 4) is 5.75 Å². The van der Waals surface area contributed by atoms with Crippen LogP contribution in [0, 0.1) is 13.8 Å². The van der Waals surface area contributed by atoms with Gasteiger partial charge in [0.15, 0.2) is 0 Å². The molecule has 2 heterocycles. The van der Waals surface area contributed by atoms with Gasteiger partial charge < -0.3 is 14.2 Å². The summed E-state index contributed by atoms with van der Waals surface area (Å²) in [7, 11) is 1.67. The molecule has 0 bridgehead atoms. The minimum atomic E-state index is 0.151. The van der Waals surface area contributed by atoms with E-state index in [-0.39, 0.29) is 5.91 Å². The Morgan fingerprint density at radius 3 is 2.40 bits per heavy atom. The van der Waals surface area contributed by atoms with Gasteiger partial charge in [-0.3, -0.25) is 9.69 Å². The van der Waals surface area contributed by atoms with Gasteiger partial charge in [-0.15, -0.1) is 0 Å². The summed E-state index contributed by atoms with van der Waals surface area (Å²) in [5.41, 5.74) is 2.99. The first kappa shape index (κ1) is 17.5. The minimum absolute atomic E-state index is 0.151. The number of carbonyl (C=O) groups excluding carboxylic acids is 1. The van der Waals surface area contributed by atoms with Crippen LogP contribution in [0.4, 0.5) is 0 Å². The summed E-state index contributed by atoms with van der Waals surface area (Å²) in [6, 6.07) is 8.15. The standard InChI is InChI=1S/C19H25N3O3/c1-14-18(15(2)25-20-14)12-19(23)22-10-8-21(9-11-22)13-16-4-6-17(24-3)7-5-16/h4-7H,8-13H2,1-3H3. The van der Waals surface area contributed by atoms with Crippen LogP contribution >= 0.6 is 0 Å². The lowest BCUT2D eigenvalue weighted by Gasteiger charge is -2.34. The second-order valence-corrected chi connectivity index (χ2v) is 6.48. The van der Waals surface area contributed by atoms with E-state index in [0.717, 1.165) is 55.5 Å². The number of aromatic nitrogens is 1. The van der Waals surface area contributed by atoms with Crippen molar-refractivity contribution in [1.29, 1.82) is 0 Å². The van der Waals surface area contributed by atoms with Crippen LogP contribution < -0.4 is 4.74 Å². The van der Waals surface area contributed by atoms with Crippen molar-refractivity contribution >= 4 is 5.91 Å². The number of piperazine rings is 1. The van der Waals surface area contributed by atoms with Gasteiger partial charge in [0.1, 0.15) is 11.5 Å². The van der Waals surface area contributed by atoms with Crippen molar-refractivity contribution in [2.75, 3.05) is 33.3 Å². The molecule has 1 aromatic heterocycles. The largest absolute Gasteiger partial charge is 0.497 e. The van der Waals surface area contributed by atoms with Gasteiger partial charge in [0.25, 0.3) is 0 Å². The molecule has 0 aliphatic carbocycles. The topological polar surface area (TPSA) is 58.8 Å². The second kappa shape index (κ2) is 7.70. The average Bonchev–Trinajstić information content (AvgIpc) is 2.95. The van der Waals surface area contributed by atoms with E-state index >= 15 is 0 Å². The maximum Gasteiger partial charge on any atom is 0.227 e. The Morgan fingerprint density at radius 1 is 1.16 bits per heavy atom. The van der Waals surface area contributed by atoms with Crippen molar-refractivity contribution in [2.45, 2.75) is 26.8 Å². The van der Waals surface area contributed by atoms with E-state index < -0.39 is 0 Å². The number of ether oxygens (including phenoxy) is 1. The molecule has 134 valence electrons. The van der Waals surface area contributed by atoms with Crippen molar-refractivity contribution in [3.05, 3.63) is 46.8 Å². The Kier molecular flexibility index (Phi) is 5.38. The first-order valence-corrected chi connectivity index (χ1v) is 8.61. The zero-order valence-electron chi connectivity index (χ0n) is 15.1. The second-order valence-electron chi connectivity index (χ2n) is 6.48. The summed E-state index contributed by atoms with van der Waals surface area (Å²) in [4.78, 5) is 16.8. The molecule has 2 aromatic rings. The number of aryl methyl sites for hydroxylation is 2. The van der Waals surface area contributed by atoms with Crippen LogP contribution in [0.5, 0.6) is 5.75 Å². The van der Waals surface area contributed by atoms with E-state index in [0.29, 0.717) is 6.42 Å². The van der Waals surface area contributed by atoms with Gasteiger partial charge >= 0.3 is 0 Å². The zero-order valence-corrected chi connectivity index (χ0v) is 15.1. The molecule has 0 atom stereocenters. The molecule has 1 fully saturated rings. The highest BCUT2D eigenvalue weighted by molar-refractivity contribution is 5.79. The van der Waals surface area contributed by atoms with Crippen LogP contribution in [0.1, 0.15) is 22.6 Å². The molecular weight excluding hydrogens is 318 g/mol. The third-order valence-electron chi connectivity index (χ3n) is 4.80. The zero-order chi connectivity index (χ0) is 17.8. The molecule has 0 unspecified atom stereocenters. The molecule has 1 aliphatic rings. The van der Waals surface area contributed by atoms with E-state index in [4.69, 9.17) is 9.26 Å². The highest BCUT2D eigenvalue weighted by Gasteiger charge is 2.23. The predicted molar refractivity (Wildman–Crippen MR) is 94.5 cm³/mol.